The van der Waals surface area contributed by atoms with E-state index in [-0.39, 0.29) is 17.7 Å². The molecule has 3 heteroatoms. The molecule has 0 aromatic heterocycles. The average Bonchev–Trinajstić information content (AvgIpc) is 2.35. The van der Waals surface area contributed by atoms with Gasteiger partial charge < -0.3 is 4.74 Å². The summed E-state index contributed by atoms with van der Waals surface area (Å²) >= 11 is 3.30. The normalized spacial score (nSPS) is 12.2. The van der Waals surface area contributed by atoms with Crippen LogP contribution in [0.25, 0.3) is 0 Å². The highest BCUT2D eigenvalue weighted by atomic mass is 79.9. The fourth-order valence-electron chi connectivity index (χ4n) is 1.55. The number of hydrogen-bond donors (Lipinski definition) is 0. The fraction of sp³-hybridized carbons (Fsp3) is 0.143. The molecule has 2 aromatic carbocycles. The Labute approximate surface area is 108 Å². The molecule has 1 nitrogen and oxygen atoms in total. The maximum Gasteiger partial charge on any atom is 0.165 e. The standard InChI is InChI=1S/C14H12BrFO/c1-10(11-5-3-2-4-6-11)17-14-9-12(15)7-8-13(14)16/h2-10H,1H3. The first-order valence-electron chi connectivity index (χ1n) is 5.33. The number of ether oxygens (including phenoxy) is 1. The molecule has 0 fully saturated rings. The van der Waals surface area contributed by atoms with E-state index in [1.807, 2.05) is 37.3 Å². The van der Waals surface area contributed by atoms with E-state index >= 15 is 0 Å². The van der Waals surface area contributed by atoms with Crippen LogP contribution in [-0.2, 0) is 0 Å². The summed E-state index contributed by atoms with van der Waals surface area (Å²) in [6.45, 7) is 1.90. The molecule has 2 rings (SSSR count). The SMILES string of the molecule is CC(Oc1cc(Br)ccc1F)c1ccccc1. The van der Waals surface area contributed by atoms with Gasteiger partial charge in [-0.25, -0.2) is 4.39 Å². The monoisotopic (exact) mass is 294 g/mol. The summed E-state index contributed by atoms with van der Waals surface area (Å²) in [5.74, 6) is -0.0910. The Bertz CT molecular complexity index is 499. The van der Waals surface area contributed by atoms with Crippen LogP contribution in [0.2, 0.25) is 0 Å². The number of benzene rings is 2. The van der Waals surface area contributed by atoms with Crippen molar-refractivity contribution < 1.29 is 9.13 Å². The second-order valence-corrected chi connectivity index (χ2v) is 4.66. The Morgan fingerprint density at radius 1 is 1.12 bits per heavy atom. The third-order valence-corrected chi connectivity index (χ3v) is 2.96. The van der Waals surface area contributed by atoms with Crippen LogP contribution in [0.5, 0.6) is 5.75 Å². The second-order valence-electron chi connectivity index (χ2n) is 3.75. The Kier molecular flexibility index (Phi) is 3.79. The van der Waals surface area contributed by atoms with E-state index in [9.17, 15) is 4.39 Å². The smallest absolute Gasteiger partial charge is 0.165 e. The molecule has 0 saturated heterocycles. The molecule has 0 aliphatic heterocycles. The first kappa shape index (κ1) is 12.1. The van der Waals surface area contributed by atoms with Gasteiger partial charge in [-0.05, 0) is 30.7 Å². The van der Waals surface area contributed by atoms with Crippen molar-refractivity contribution in [2.24, 2.45) is 0 Å². The highest BCUT2D eigenvalue weighted by Gasteiger charge is 2.10. The van der Waals surface area contributed by atoms with E-state index in [1.165, 1.54) is 6.07 Å². The molecule has 0 radical (unpaired) electrons. The van der Waals surface area contributed by atoms with Crippen molar-refractivity contribution in [1.82, 2.24) is 0 Å². The molecule has 0 heterocycles. The Balaban J connectivity index is 2.18. The second kappa shape index (κ2) is 5.32. The van der Waals surface area contributed by atoms with Crippen LogP contribution in [0, 0.1) is 5.82 Å². The molecule has 0 aliphatic carbocycles. The zero-order chi connectivity index (χ0) is 12.3. The lowest BCUT2D eigenvalue weighted by atomic mass is 10.1. The van der Waals surface area contributed by atoms with Gasteiger partial charge in [-0.2, -0.15) is 0 Å². The topological polar surface area (TPSA) is 9.23 Å². The molecule has 0 N–H and O–H groups in total. The molecule has 0 aliphatic rings. The molecular weight excluding hydrogens is 283 g/mol. The number of hydrogen-bond acceptors (Lipinski definition) is 1. The molecule has 0 saturated carbocycles. The van der Waals surface area contributed by atoms with E-state index in [4.69, 9.17) is 4.74 Å². The van der Waals surface area contributed by atoms with Gasteiger partial charge >= 0.3 is 0 Å². The van der Waals surface area contributed by atoms with E-state index in [0.29, 0.717) is 0 Å². The Hall–Kier alpha value is -1.35. The van der Waals surface area contributed by atoms with Crippen LogP contribution < -0.4 is 4.74 Å². The molecule has 17 heavy (non-hydrogen) atoms. The Morgan fingerprint density at radius 2 is 1.82 bits per heavy atom. The summed E-state index contributed by atoms with van der Waals surface area (Å²) in [5, 5.41) is 0. The minimum Gasteiger partial charge on any atom is -0.483 e. The average molecular weight is 295 g/mol. The van der Waals surface area contributed by atoms with Gasteiger partial charge in [0.05, 0.1) is 0 Å². The summed E-state index contributed by atoms with van der Waals surface area (Å²) in [7, 11) is 0. The summed E-state index contributed by atoms with van der Waals surface area (Å²) in [5.41, 5.74) is 1.02. The summed E-state index contributed by atoms with van der Waals surface area (Å²) < 4.78 is 19.9. The number of rotatable bonds is 3. The molecule has 1 unspecified atom stereocenters. The van der Waals surface area contributed by atoms with Gasteiger partial charge in [0.15, 0.2) is 11.6 Å². The van der Waals surface area contributed by atoms with Crippen LogP contribution >= 0.6 is 15.9 Å². The Morgan fingerprint density at radius 3 is 2.53 bits per heavy atom. The third-order valence-electron chi connectivity index (χ3n) is 2.47. The van der Waals surface area contributed by atoms with Crippen LogP contribution in [0.1, 0.15) is 18.6 Å². The van der Waals surface area contributed by atoms with E-state index < -0.39 is 0 Å². The summed E-state index contributed by atoms with van der Waals surface area (Å²) in [4.78, 5) is 0. The van der Waals surface area contributed by atoms with Crippen molar-refractivity contribution in [3.63, 3.8) is 0 Å². The van der Waals surface area contributed by atoms with Gasteiger partial charge in [0.25, 0.3) is 0 Å². The third kappa shape index (κ3) is 3.07. The zero-order valence-electron chi connectivity index (χ0n) is 9.36. The van der Waals surface area contributed by atoms with Crippen LogP contribution in [0.15, 0.2) is 53.0 Å². The van der Waals surface area contributed by atoms with Gasteiger partial charge in [0.2, 0.25) is 0 Å². The van der Waals surface area contributed by atoms with Gasteiger partial charge in [0, 0.05) is 4.47 Å². The van der Waals surface area contributed by atoms with Crippen LogP contribution in [-0.4, -0.2) is 0 Å². The van der Waals surface area contributed by atoms with Crippen molar-refractivity contribution in [2.45, 2.75) is 13.0 Å². The zero-order valence-corrected chi connectivity index (χ0v) is 10.9. The van der Waals surface area contributed by atoms with Gasteiger partial charge in [-0.3, -0.25) is 0 Å². The molecule has 1 atom stereocenters. The molecule has 2 aromatic rings. The van der Waals surface area contributed by atoms with Crippen molar-refractivity contribution in [3.05, 3.63) is 64.4 Å². The lowest BCUT2D eigenvalue weighted by Gasteiger charge is -2.15. The fourth-order valence-corrected chi connectivity index (χ4v) is 1.89. The van der Waals surface area contributed by atoms with Gasteiger partial charge in [-0.1, -0.05) is 46.3 Å². The van der Waals surface area contributed by atoms with Crippen molar-refractivity contribution in [2.75, 3.05) is 0 Å². The summed E-state index contributed by atoms with van der Waals surface area (Å²) in [6.07, 6.45) is -0.181. The first-order valence-corrected chi connectivity index (χ1v) is 6.13. The van der Waals surface area contributed by atoms with Crippen molar-refractivity contribution in [3.8, 4) is 5.75 Å². The maximum atomic E-state index is 13.5. The molecule has 0 bridgehead atoms. The highest BCUT2D eigenvalue weighted by Crippen LogP contribution is 2.27. The lowest BCUT2D eigenvalue weighted by Crippen LogP contribution is -2.04. The van der Waals surface area contributed by atoms with Crippen molar-refractivity contribution in [1.29, 1.82) is 0 Å². The van der Waals surface area contributed by atoms with Crippen LogP contribution in [0.4, 0.5) is 4.39 Å². The highest BCUT2D eigenvalue weighted by molar-refractivity contribution is 9.10. The minimum absolute atomic E-state index is 0.181. The lowest BCUT2D eigenvalue weighted by molar-refractivity contribution is 0.216. The van der Waals surface area contributed by atoms with Crippen molar-refractivity contribution >= 4 is 15.9 Å². The predicted molar refractivity (Wildman–Crippen MR) is 69.6 cm³/mol. The molecule has 88 valence electrons. The van der Waals surface area contributed by atoms with E-state index in [0.717, 1.165) is 10.0 Å². The van der Waals surface area contributed by atoms with E-state index in [2.05, 4.69) is 15.9 Å². The molecule has 0 spiro atoms. The van der Waals surface area contributed by atoms with Gasteiger partial charge in [-0.15, -0.1) is 0 Å². The molecule has 0 amide bonds. The van der Waals surface area contributed by atoms with Gasteiger partial charge in [0.1, 0.15) is 6.10 Å². The van der Waals surface area contributed by atoms with Crippen LogP contribution in [0.3, 0.4) is 0 Å². The predicted octanol–water partition coefficient (Wildman–Crippen LogP) is 4.73. The first-order chi connectivity index (χ1) is 8.16. The largest absolute Gasteiger partial charge is 0.483 e. The minimum atomic E-state index is -0.351. The quantitative estimate of drug-likeness (QED) is 0.795. The van der Waals surface area contributed by atoms with E-state index in [1.54, 1.807) is 12.1 Å². The summed E-state index contributed by atoms with van der Waals surface area (Å²) in [6, 6.07) is 14.4. The maximum absolute atomic E-state index is 13.5. The molecular formula is C14H12BrFO. The number of halogens is 2.